The van der Waals surface area contributed by atoms with E-state index in [4.69, 9.17) is 14.2 Å². The normalized spacial score (nSPS) is 25.3. The summed E-state index contributed by atoms with van der Waals surface area (Å²) in [4.78, 5) is 28.6. The molecule has 0 aromatic heterocycles. The second-order valence-electron chi connectivity index (χ2n) is 11.3. The van der Waals surface area contributed by atoms with Crippen LogP contribution in [-0.2, 0) is 32.1 Å². The first-order valence-electron chi connectivity index (χ1n) is 14.7. The molecule has 0 spiro atoms. The number of amides is 1. The van der Waals surface area contributed by atoms with Crippen LogP contribution in [0, 0.1) is 17.8 Å². The molecule has 218 valence electrons. The van der Waals surface area contributed by atoms with Crippen molar-refractivity contribution in [3.05, 3.63) is 77.9 Å². The molecular formula is C34H47NO5. The van der Waals surface area contributed by atoms with E-state index < -0.39 is 6.04 Å². The number of cyclic esters (lactones) is 1. The van der Waals surface area contributed by atoms with Crippen LogP contribution in [0.25, 0.3) is 0 Å². The maximum Gasteiger partial charge on any atom is 0.329 e. The molecule has 0 saturated heterocycles. The summed E-state index contributed by atoms with van der Waals surface area (Å²) in [6.45, 7) is 7.48. The van der Waals surface area contributed by atoms with Crippen molar-refractivity contribution in [2.24, 2.45) is 17.8 Å². The minimum Gasteiger partial charge on any atom is -0.497 e. The molecule has 5 atom stereocenters. The van der Waals surface area contributed by atoms with Crippen molar-refractivity contribution < 1.29 is 23.8 Å². The number of carbonyl (C=O) groups is 2. The molecule has 1 heterocycles. The molecule has 0 N–H and O–H groups in total. The number of methoxy groups -OCH3 is 1. The Morgan fingerprint density at radius 2 is 1.55 bits per heavy atom. The third-order valence-electron chi connectivity index (χ3n) is 7.68. The zero-order valence-corrected chi connectivity index (χ0v) is 24.9. The number of hydrogen-bond donors (Lipinski definition) is 0. The van der Waals surface area contributed by atoms with Crippen LogP contribution < -0.4 is 4.74 Å². The van der Waals surface area contributed by atoms with Gasteiger partial charge in [-0.05, 0) is 67.2 Å². The minimum absolute atomic E-state index is 0.0176. The molecule has 2 aromatic carbocycles. The van der Waals surface area contributed by atoms with Crippen LogP contribution in [0.5, 0.6) is 5.75 Å². The number of esters is 1. The van der Waals surface area contributed by atoms with Gasteiger partial charge >= 0.3 is 5.97 Å². The van der Waals surface area contributed by atoms with Crippen LogP contribution in [0.4, 0.5) is 0 Å². The average Bonchev–Trinajstić information content (AvgIpc) is 2.96. The Bertz CT molecular complexity index is 1070. The number of rotatable bonds is 10. The van der Waals surface area contributed by atoms with Crippen LogP contribution in [0.3, 0.4) is 0 Å². The second-order valence-corrected chi connectivity index (χ2v) is 11.3. The van der Waals surface area contributed by atoms with E-state index in [1.165, 1.54) is 0 Å². The average molecular weight is 550 g/mol. The van der Waals surface area contributed by atoms with Crippen LogP contribution in [0.1, 0.15) is 64.0 Å². The first-order chi connectivity index (χ1) is 19.3. The van der Waals surface area contributed by atoms with Crippen molar-refractivity contribution in [1.82, 2.24) is 4.90 Å². The van der Waals surface area contributed by atoms with Gasteiger partial charge in [-0.3, -0.25) is 4.79 Å². The van der Waals surface area contributed by atoms with Crippen LogP contribution in [0.2, 0.25) is 0 Å². The monoisotopic (exact) mass is 549 g/mol. The van der Waals surface area contributed by atoms with Gasteiger partial charge in [-0.15, -0.1) is 0 Å². The number of likely N-dealkylation sites (N-methyl/N-ethyl adjacent to an activating group) is 1. The van der Waals surface area contributed by atoms with Crippen LogP contribution in [0.15, 0.2) is 66.7 Å². The summed E-state index contributed by atoms with van der Waals surface area (Å²) >= 11 is 0. The van der Waals surface area contributed by atoms with E-state index in [0.717, 1.165) is 49.0 Å². The van der Waals surface area contributed by atoms with Crippen molar-refractivity contribution in [3.63, 3.8) is 0 Å². The van der Waals surface area contributed by atoms with Crippen molar-refractivity contribution in [2.45, 2.75) is 78.0 Å². The van der Waals surface area contributed by atoms with Gasteiger partial charge in [-0.2, -0.15) is 0 Å². The molecule has 6 heteroatoms. The summed E-state index contributed by atoms with van der Waals surface area (Å²) < 4.78 is 17.3. The fourth-order valence-electron chi connectivity index (χ4n) is 5.28. The van der Waals surface area contributed by atoms with Gasteiger partial charge in [0.2, 0.25) is 5.91 Å². The number of ether oxygens (including phenoxy) is 3. The molecule has 6 nitrogen and oxygen atoms in total. The van der Waals surface area contributed by atoms with Gasteiger partial charge in [-0.25, -0.2) is 4.79 Å². The van der Waals surface area contributed by atoms with Gasteiger partial charge in [0.1, 0.15) is 17.9 Å². The highest BCUT2D eigenvalue weighted by molar-refractivity contribution is 5.85. The molecule has 0 unspecified atom stereocenters. The first-order valence-corrected chi connectivity index (χ1v) is 14.7. The summed E-state index contributed by atoms with van der Waals surface area (Å²) in [6, 6.07) is 17.1. The molecule has 1 aliphatic rings. The zero-order chi connectivity index (χ0) is 28.9. The lowest BCUT2D eigenvalue weighted by Crippen LogP contribution is -2.47. The third-order valence-corrected chi connectivity index (χ3v) is 7.68. The van der Waals surface area contributed by atoms with E-state index in [2.05, 4.69) is 26.0 Å². The SMILES string of the molecule is COc1ccc(COCCCC[C@@H]2C[C@H](C)/C=C/[C@@H](C)C[C@@H](C)C(=O)N(C)[C@@H](Cc3ccccc3)C(=O)O2)cc1. The quantitative estimate of drug-likeness (QED) is 0.189. The second kappa shape index (κ2) is 16.2. The number of hydrogen-bond acceptors (Lipinski definition) is 5. The van der Waals surface area contributed by atoms with E-state index in [-0.39, 0.29) is 35.7 Å². The molecule has 2 aromatic rings. The van der Waals surface area contributed by atoms with Crippen LogP contribution >= 0.6 is 0 Å². The smallest absolute Gasteiger partial charge is 0.329 e. The topological polar surface area (TPSA) is 65.1 Å². The zero-order valence-electron chi connectivity index (χ0n) is 24.9. The Morgan fingerprint density at radius 3 is 2.23 bits per heavy atom. The third kappa shape index (κ3) is 10.1. The molecule has 1 aliphatic heterocycles. The highest BCUT2D eigenvalue weighted by Gasteiger charge is 2.33. The van der Waals surface area contributed by atoms with E-state index in [9.17, 15) is 9.59 Å². The van der Waals surface area contributed by atoms with Crippen molar-refractivity contribution in [3.8, 4) is 5.75 Å². The highest BCUT2D eigenvalue weighted by atomic mass is 16.5. The van der Waals surface area contributed by atoms with Gasteiger partial charge in [0.05, 0.1) is 13.7 Å². The van der Waals surface area contributed by atoms with E-state index >= 15 is 0 Å². The predicted octanol–water partition coefficient (Wildman–Crippen LogP) is 6.62. The summed E-state index contributed by atoms with van der Waals surface area (Å²) in [7, 11) is 3.40. The van der Waals surface area contributed by atoms with E-state index in [1.54, 1.807) is 19.1 Å². The standard InChI is InChI=1S/C34H47NO5/c1-25-14-15-26(2)22-31(13-9-10-20-39-24-29-16-18-30(38-5)19-17-29)40-34(37)32(23-28-11-7-6-8-12-28)35(4)33(36)27(3)21-25/h6-8,11-12,14-19,25-27,31-32H,9-10,13,20-24H2,1-5H3/b15-14+/t25-,26-,27-,31-,32+/m1/s1. The molecule has 40 heavy (non-hydrogen) atoms. The summed E-state index contributed by atoms with van der Waals surface area (Å²) in [5.41, 5.74) is 2.12. The number of unbranched alkanes of at least 4 members (excludes halogenated alkanes) is 1. The summed E-state index contributed by atoms with van der Waals surface area (Å²) in [6.07, 6.45) is 8.68. The molecule has 1 amide bonds. The van der Waals surface area contributed by atoms with E-state index in [0.29, 0.717) is 19.6 Å². The number of carbonyl (C=O) groups excluding carboxylic acids is 2. The van der Waals surface area contributed by atoms with Gasteiger partial charge in [0, 0.05) is 26.0 Å². The molecular weight excluding hydrogens is 502 g/mol. The molecule has 0 radical (unpaired) electrons. The number of allylic oxidation sites excluding steroid dienone is 2. The Labute approximate surface area is 240 Å². The molecule has 0 fully saturated rings. The fraction of sp³-hybridized carbons (Fsp3) is 0.529. The molecule has 0 saturated carbocycles. The lowest BCUT2D eigenvalue weighted by atomic mass is 9.93. The fourth-order valence-corrected chi connectivity index (χ4v) is 5.28. The van der Waals surface area contributed by atoms with Gasteiger partial charge in [0.15, 0.2) is 0 Å². The lowest BCUT2D eigenvalue weighted by molar-refractivity contribution is -0.160. The summed E-state index contributed by atoms with van der Waals surface area (Å²) in [5, 5.41) is 0. The Kier molecular flexibility index (Phi) is 12.7. The Morgan fingerprint density at radius 1 is 0.875 bits per heavy atom. The molecule has 3 rings (SSSR count). The van der Waals surface area contributed by atoms with Crippen molar-refractivity contribution in [1.29, 1.82) is 0 Å². The Hall–Kier alpha value is -3.12. The lowest BCUT2D eigenvalue weighted by Gasteiger charge is -2.31. The predicted molar refractivity (Wildman–Crippen MR) is 159 cm³/mol. The Balaban J connectivity index is 1.64. The summed E-state index contributed by atoms with van der Waals surface area (Å²) in [5.74, 6) is 0.859. The van der Waals surface area contributed by atoms with Gasteiger partial charge in [-0.1, -0.05) is 75.4 Å². The minimum atomic E-state index is -0.660. The van der Waals surface area contributed by atoms with Gasteiger partial charge < -0.3 is 19.1 Å². The highest BCUT2D eigenvalue weighted by Crippen LogP contribution is 2.24. The van der Waals surface area contributed by atoms with Crippen molar-refractivity contribution >= 4 is 11.9 Å². The molecule has 0 bridgehead atoms. The maximum atomic E-state index is 13.6. The number of nitrogens with zero attached hydrogens (tertiary/aromatic N) is 1. The largest absolute Gasteiger partial charge is 0.497 e. The van der Waals surface area contributed by atoms with Gasteiger partial charge in [0.25, 0.3) is 0 Å². The van der Waals surface area contributed by atoms with Crippen molar-refractivity contribution in [2.75, 3.05) is 20.8 Å². The van der Waals surface area contributed by atoms with Crippen LogP contribution in [-0.4, -0.2) is 49.7 Å². The number of benzene rings is 2. The van der Waals surface area contributed by atoms with E-state index in [1.807, 2.05) is 61.5 Å². The first kappa shape index (κ1) is 31.4. The molecule has 0 aliphatic carbocycles. The maximum absolute atomic E-state index is 13.6.